The number of aromatic nitrogens is 1. The van der Waals surface area contributed by atoms with Gasteiger partial charge in [-0.1, -0.05) is 12.8 Å². The monoisotopic (exact) mass is 247 g/mol. The maximum absolute atomic E-state index is 11.1. The number of nitrogen functional groups attached to an aromatic ring is 1. The first kappa shape index (κ1) is 11.2. The molecule has 1 aliphatic rings. The lowest BCUT2D eigenvalue weighted by Crippen LogP contribution is -2.16. The third-order valence-corrected chi connectivity index (χ3v) is 3.38. The van der Waals surface area contributed by atoms with Gasteiger partial charge in [0.2, 0.25) is 0 Å². The van der Waals surface area contributed by atoms with Crippen LogP contribution in [0.4, 0.5) is 11.4 Å². The molecule has 1 aromatic carbocycles. The molecule has 4 N–H and O–H groups in total. The molecule has 1 aromatic heterocycles. The highest BCUT2D eigenvalue weighted by Crippen LogP contribution is 2.34. The van der Waals surface area contributed by atoms with E-state index < -0.39 is 5.76 Å². The van der Waals surface area contributed by atoms with E-state index in [2.05, 4.69) is 17.2 Å². The third-order valence-electron chi connectivity index (χ3n) is 3.38. The Labute approximate surface area is 104 Å². The van der Waals surface area contributed by atoms with Crippen LogP contribution in [0.1, 0.15) is 26.2 Å². The third kappa shape index (κ3) is 2.20. The molecule has 1 atom stereocenters. The summed E-state index contributed by atoms with van der Waals surface area (Å²) >= 11 is 0. The van der Waals surface area contributed by atoms with E-state index in [9.17, 15) is 4.79 Å². The van der Waals surface area contributed by atoms with E-state index in [1.54, 1.807) is 6.07 Å². The average molecular weight is 247 g/mol. The Balaban J connectivity index is 1.85. The van der Waals surface area contributed by atoms with Crippen LogP contribution in [0.25, 0.3) is 11.1 Å². The lowest BCUT2D eigenvalue weighted by Gasteiger charge is -2.16. The number of H-pyrrole nitrogens is 1. The zero-order valence-corrected chi connectivity index (χ0v) is 10.3. The molecule has 1 heterocycles. The zero-order chi connectivity index (χ0) is 12.7. The predicted molar refractivity (Wildman–Crippen MR) is 71.7 cm³/mol. The lowest BCUT2D eigenvalue weighted by molar-refractivity contribution is 0.555. The largest absolute Gasteiger partial charge is 0.417 e. The summed E-state index contributed by atoms with van der Waals surface area (Å²) in [5, 5.41) is 3.39. The summed E-state index contributed by atoms with van der Waals surface area (Å²) in [6.07, 6.45) is 3.85. The van der Waals surface area contributed by atoms with Crippen molar-refractivity contribution in [2.75, 3.05) is 11.1 Å². The van der Waals surface area contributed by atoms with Gasteiger partial charge in [0.1, 0.15) is 0 Å². The van der Waals surface area contributed by atoms with Crippen molar-refractivity contribution in [2.45, 2.75) is 32.2 Å². The van der Waals surface area contributed by atoms with Gasteiger partial charge in [0, 0.05) is 12.1 Å². The molecule has 5 nitrogen and oxygen atoms in total. The van der Waals surface area contributed by atoms with E-state index in [-0.39, 0.29) is 0 Å². The van der Waals surface area contributed by atoms with Gasteiger partial charge in [0.05, 0.1) is 16.9 Å². The summed E-state index contributed by atoms with van der Waals surface area (Å²) in [6.45, 7) is 2.15. The van der Waals surface area contributed by atoms with Gasteiger partial charge in [-0.2, -0.15) is 0 Å². The zero-order valence-electron chi connectivity index (χ0n) is 10.3. The topological polar surface area (TPSA) is 84.0 Å². The van der Waals surface area contributed by atoms with E-state index >= 15 is 0 Å². The van der Waals surface area contributed by atoms with Gasteiger partial charge in [0.15, 0.2) is 5.58 Å². The minimum Gasteiger partial charge on any atom is -0.408 e. The number of aromatic amines is 1. The molecule has 0 bridgehead atoms. The number of nitrogens with two attached hydrogens (primary N) is 1. The molecule has 0 amide bonds. The van der Waals surface area contributed by atoms with E-state index in [0.29, 0.717) is 22.8 Å². The Bertz CT molecular complexity index is 625. The summed E-state index contributed by atoms with van der Waals surface area (Å²) < 4.78 is 4.96. The van der Waals surface area contributed by atoms with Crippen molar-refractivity contribution in [1.29, 1.82) is 0 Å². The molecule has 1 fully saturated rings. The molecule has 96 valence electrons. The normalized spacial score (nSPS) is 16.9. The van der Waals surface area contributed by atoms with Crippen molar-refractivity contribution in [3.63, 3.8) is 0 Å². The first-order chi connectivity index (χ1) is 8.61. The summed E-state index contributed by atoms with van der Waals surface area (Å²) in [5.74, 6) is 0.416. The molecular weight excluding hydrogens is 230 g/mol. The molecule has 5 heteroatoms. The van der Waals surface area contributed by atoms with Crippen molar-refractivity contribution in [3.05, 3.63) is 22.7 Å². The first-order valence-corrected chi connectivity index (χ1v) is 6.30. The van der Waals surface area contributed by atoms with Gasteiger partial charge < -0.3 is 15.5 Å². The quantitative estimate of drug-likeness (QED) is 0.724. The lowest BCUT2D eigenvalue weighted by atomic mass is 10.1. The van der Waals surface area contributed by atoms with Crippen molar-refractivity contribution in [3.8, 4) is 0 Å². The molecule has 0 spiro atoms. The maximum atomic E-state index is 11.1. The van der Waals surface area contributed by atoms with Crippen LogP contribution in [-0.4, -0.2) is 11.0 Å². The highest BCUT2D eigenvalue weighted by atomic mass is 16.4. The van der Waals surface area contributed by atoms with E-state index in [0.717, 1.165) is 11.6 Å². The Morgan fingerprint density at radius 2 is 2.33 bits per heavy atom. The summed E-state index contributed by atoms with van der Waals surface area (Å²) in [4.78, 5) is 13.7. The van der Waals surface area contributed by atoms with E-state index in [1.807, 2.05) is 6.07 Å². The molecule has 3 rings (SSSR count). The van der Waals surface area contributed by atoms with Gasteiger partial charge >= 0.3 is 5.76 Å². The standard InChI is InChI=1S/C13H17N3O2/c1-7(4-8-2-3-8)15-10-6-11-12(5-9(10)14)18-13(17)16-11/h5-8,15H,2-4,14H2,1H3,(H,16,17). The van der Waals surface area contributed by atoms with Gasteiger partial charge in [-0.15, -0.1) is 0 Å². The highest BCUT2D eigenvalue weighted by Gasteiger charge is 2.23. The second-order valence-corrected chi connectivity index (χ2v) is 5.17. The van der Waals surface area contributed by atoms with Crippen molar-refractivity contribution < 1.29 is 4.42 Å². The molecule has 18 heavy (non-hydrogen) atoms. The Kier molecular flexibility index (Phi) is 2.54. The molecular formula is C13H17N3O2. The fraction of sp³-hybridized carbons (Fsp3) is 0.462. The van der Waals surface area contributed by atoms with Crippen molar-refractivity contribution >= 4 is 22.5 Å². The number of anilines is 2. The molecule has 1 aliphatic carbocycles. The summed E-state index contributed by atoms with van der Waals surface area (Å²) in [7, 11) is 0. The number of rotatable bonds is 4. The molecule has 2 aromatic rings. The van der Waals surface area contributed by atoms with Crippen LogP contribution in [0.5, 0.6) is 0 Å². The molecule has 1 unspecified atom stereocenters. The first-order valence-electron chi connectivity index (χ1n) is 6.30. The molecule has 0 saturated heterocycles. The number of hydrogen-bond donors (Lipinski definition) is 3. The van der Waals surface area contributed by atoms with Gasteiger partial charge in [0.25, 0.3) is 0 Å². The predicted octanol–water partition coefficient (Wildman–Crippen LogP) is 2.30. The van der Waals surface area contributed by atoms with Crippen molar-refractivity contribution in [2.24, 2.45) is 5.92 Å². The van der Waals surface area contributed by atoms with Crippen LogP contribution in [0.2, 0.25) is 0 Å². The summed E-state index contributed by atoms with van der Waals surface area (Å²) in [5.41, 5.74) is 8.59. The van der Waals surface area contributed by atoms with Crippen LogP contribution < -0.4 is 16.8 Å². The molecule has 0 radical (unpaired) electrons. The number of nitrogens with one attached hydrogen (secondary N) is 2. The Morgan fingerprint density at radius 3 is 3.06 bits per heavy atom. The Hall–Kier alpha value is -1.91. The van der Waals surface area contributed by atoms with Crippen molar-refractivity contribution in [1.82, 2.24) is 4.98 Å². The smallest absolute Gasteiger partial charge is 0.408 e. The van der Waals surface area contributed by atoms with E-state index in [1.165, 1.54) is 19.3 Å². The fourth-order valence-electron chi connectivity index (χ4n) is 2.32. The second-order valence-electron chi connectivity index (χ2n) is 5.17. The molecule has 0 aliphatic heterocycles. The van der Waals surface area contributed by atoms with Crippen LogP contribution in [-0.2, 0) is 0 Å². The minimum absolute atomic E-state index is 0.385. The molecule has 1 saturated carbocycles. The fourth-order valence-corrected chi connectivity index (χ4v) is 2.32. The number of benzene rings is 1. The van der Waals surface area contributed by atoms with Gasteiger partial charge in [-0.25, -0.2) is 4.79 Å². The number of oxazole rings is 1. The number of fused-ring (bicyclic) bond motifs is 1. The van der Waals surface area contributed by atoms with Crippen LogP contribution in [0.3, 0.4) is 0 Å². The van der Waals surface area contributed by atoms with Crippen LogP contribution in [0, 0.1) is 5.92 Å². The van der Waals surface area contributed by atoms with Crippen LogP contribution in [0.15, 0.2) is 21.3 Å². The maximum Gasteiger partial charge on any atom is 0.417 e. The average Bonchev–Trinajstić information content (AvgIpc) is 3.01. The van der Waals surface area contributed by atoms with Gasteiger partial charge in [-0.3, -0.25) is 4.98 Å². The highest BCUT2D eigenvalue weighted by molar-refractivity contribution is 5.85. The second kappa shape index (κ2) is 4.08. The van der Waals surface area contributed by atoms with E-state index in [4.69, 9.17) is 10.2 Å². The van der Waals surface area contributed by atoms with Gasteiger partial charge in [-0.05, 0) is 25.3 Å². The summed E-state index contributed by atoms with van der Waals surface area (Å²) in [6, 6.07) is 3.90. The Morgan fingerprint density at radius 1 is 1.56 bits per heavy atom. The van der Waals surface area contributed by atoms with Crippen LogP contribution >= 0.6 is 0 Å². The SMILES string of the molecule is CC(CC1CC1)Nc1cc2[nH]c(=O)oc2cc1N. The minimum atomic E-state index is -0.451. The number of hydrogen-bond acceptors (Lipinski definition) is 4.